The van der Waals surface area contributed by atoms with Crippen LogP contribution in [0.25, 0.3) is 0 Å². The number of hydrogen-bond acceptors (Lipinski definition) is 3. The highest BCUT2D eigenvalue weighted by Gasteiger charge is 2.31. The normalized spacial score (nSPS) is 27.9. The molecule has 0 N–H and O–H groups in total. The molecule has 0 spiro atoms. The lowest BCUT2D eigenvalue weighted by atomic mass is 10.00. The van der Waals surface area contributed by atoms with Gasteiger partial charge in [-0.25, -0.2) is 0 Å². The number of halogens is 1. The highest BCUT2D eigenvalue weighted by molar-refractivity contribution is 9.09. The summed E-state index contributed by atoms with van der Waals surface area (Å²) in [5, 5.41) is 17.6. The largest absolute Gasteiger partial charge is 0.569 e. The van der Waals surface area contributed by atoms with Gasteiger partial charge in [-0.1, -0.05) is 15.9 Å². The maximum atomic E-state index is 11.6. The van der Waals surface area contributed by atoms with Crippen molar-refractivity contribution in [2.75, 3.05) is 11.9 Å². The Labute approximate surface area is 98.7 Å². The average Bonchev–Trinajstić information content (AvgIpc) is 2.18. The molecule has 0 aromatic carbocycles. The second kappa shape index (κ2) is 6.15. The van der Waals surface area contributed by atoms with Crippen LogP contribution in [0, 0.1) is 5.21 Å². The minimum Gasteiger partial charge on any atom is -0.569 e. The summed E-state index contributed by atoms with van der Waals surface area (Å²) in [6.07, 6.45) is 3.25. The second-order valence-corrected chi connectivity index (χ2v) is 4.66. The van der Waals surface area contributed by atoms with Crippen LogP contribution in [0.15, 0.2) is 5.28 Å². The van der Waals surface area contributed by atoms with Crippen LogP contribution in [-0.2, 0) is 4.84 Å². The van der Waals surface area contributed by atoms with Gasteiger partial charge in [-0.05, 0) is 33.1 Å². The van der Waals surface area contributed by atoms with E-state index in [4.69, 9.17) is 4.84 Å². The maximum absolute atomic E-state index is 11.6. The molecule has 1 fully saturated rings. The van der Waals surface area contributed by atoms with Gasteiger partial charge < -0.3 is 10.0 Å². The summed E-state index contributed by atoms with van der Waals surface area (Å²) < 4.78 is 0. The standard InChI is InChI=1S/C9H18BrN3O2/c1-8-4-3-5-9(2)12(8)13(14)11-15-7-6-10/h8-9H,3-7H2,1-2H3/b13-11-. The quantitative estimate of drug-likeness (QED) is 0.261. The van der Waals surface area contributed by atoms with Gasteiger partial charge in [0.05, 0.1) is 17.1 Å². The highest BCUT2D eigenvalue weighted by atomic mass is 79.9. The van der Waals surface area contributed by atoms with Crippen LogP contribution in [0.1, 0.15) is 33.1 Å². The fourth-order valence-corrected chi connectivity index (χ4v) is 2.06. The third-order valence-corrected chi connectivity index (χ3v) is 2.96. The highest BCUT2D eigenvalue weighted by Crippen LogP contribution is 2.22. The van der Waals surface area contributed by atoms with Crippen LogP contribution in [0.5, 0.6) is 0 Å². The summed E-state index contributed by atoms with van der Waals surface area (Å²) >= 11 is 3.20. The van der Waals surface area contributed by atoms with Crippen molar-refractivity contribution in [3.8, 4) is 0 Å². The molecule has 0 amide bonds. The van der Waals surface area contributed by atoms with Crippen molar-refractivity contribution in [3.05, 3.63) is 5.21 Å². The lowest BCUT2D eigenvalue weighted by Gasteiger charge is -2.33. The minimum atomic E-state index is 0.238. The molecule has 1 heterocycles. The summed E-state index contributed by atoms with van der Waals surface area (Å²) in [4.78, 5) is 5.44. The molecule has 0 aromatic rings. The number of nitrogens with zero attached hydrogens (tertiary/aromatic N) is 3. The second-order valence-electron chi connectivity index (χ2n) is 3.87. The van der Waals surface area contributed by atoms with E-state index in [9.17, 15) is 5.21 Å². The lowest BCUT2D eigenvalue weighted by Crippen LogP contribution is -2.47. The molecule has 6 heteroatoms. The summed E-state index contributed by atoms with van der Waals surface area (Å²) in [5.74, 6) is 0. The maximum Gasteiger partial charge on any atom is 0.233 e. The summed E-state index contributed by atoms with van der Waals surface area (Å²) in [5.41, 5.74) is 0. The summed E-state index contributed by atoms with van der Waals surface area (Å²) in [6, 6.07) is 0.477. The van der Waals surface area contributed by atoms with Crippen molar-refractivity contribution in [2.24, 2.45) is 5.28 Å². The van der Waals surface area contributed by atoms with Crippen LogP contribution < -0.4 is 0 Å². The van der Waals surface area contributed by atoms with Gasteiger partial charge in [0, 0.05) is 5.33 Å². The Kier molecular flexibility index (Phi) is 5.14. The van der Waals surface area contributed by atoms with E-state index in [-0.39, 0.29) is 12.1 Å². The molecule has 1 aliphatic heterocycles. The molecule has 5 nitrogen and oxygen atoms in total. The number of hydrazine groups is 1. The predicted molar refractivity (Wildman–Crippen MR) is 60.4 cm³/mol. The third kappa shape index (κ3) is 3.52. The van der Waals surface area contributed by atoms with Gasteiger partial charge in [0.2, 0.25) is 5.28 Å². The first-order chi connectivity index (χ1) is 7.16. The van der Waals surface area contributed by atoms with E-state index in [0.29, 0.717) is 16.9 Å². The van der Waals surface area contributed by atoms with Crippen molar-refractivity contribution in [3.63, 3.8) is 0 Å². The van der Waals surface area contributed by atoms with E-state index in [1.807, 2.05) is 13.8 Å². The van der Waals surface area contributed by atoms with E-state index in [2.05, 4.69) is 21.2 Å². The molecule has 1 saturated heterocycles. The molecule has 0 aliphatic carbocycles. The van der Waals surface area contributed by atoms with Crippen molar-refractivity contribution >= 4 is 15.9 Å². The lowest BCUT2D eigenvalue weighted by molar-refractivity contribution is -0.727. The number of alkyl halides is 1. The van der Waals surface area contributed by atoms with Gasteiger partial charge in [0.25, 0.3) is 0 Å². The summed E-state index contributed by atoms with van der Waals surface area (Å²) in [6.45, 7) is 4.50. The Morgan fingerprint density at radius 3 is 2.60 bits per heavy atom. The van der Waals surface area contributed by atoms with E-state index in [1.54, 1.807) is 5.01 Å². The molecule has 0 saturated carbocycles. The van der Waals surface area contributed by atoms with Crippen LogP contribution in [0.2, 0.25) is 0 Å². The SMILES string of the molecule is CC1CCCC(C)N1/[N+]([O-])=N/OCCBr. The van der Waals surface area contributed by atoms with Crippen LogP contribution in [-0.4, -0.2) is 34.0 Å². The molecular weight excluding hydrogens is 262 g/mol. The summed E-state index contributed by atoms with van der Waals surface area (Å²) in [7, 11) is 0. The fourth-order valence-electron chi connectivity index (χ4n) is 1.91. The molecule has 1 aliphatic rings. The molecule has 0 radical (unpaired) electrons. The van der Waals surface area contributed by atoms with Gasteiger partial charge in [-0.3, -0.25) is 0 Å². The van der Waals surface area contributed by atoms with E-state index in [1.165, 1.54) is 6.42 Å². The Balaban J connectivity index is 2.54. The number of hydrogen-bond donors (Lipinski definition) is 0. The molecular formula is C9H18BrN3O2. The monoisotopic (exact) mass is 279 g/mol. The molecule has 15 heavy (non-hydrogen) atoms. The van der Waals surface area contributed by atoms with Gasteiger partial charge in [-0.15, -0.1) is 5.01 Å². The van der Waals surface area contributed by atoms with Crippen molar-refractivity contribution < 1.29 is 9.81 Å². The van der Waals surface area contributed by atoms with Gasteiger partial charge in [0.1, 0.15) is 6.61 Å². The first-order valence-electron chi connectivity index (χ1n) is 5.31. The van der Waals surface area contributed by atoms with Crippen molar-refractivity contribution in [1.29, 1.82) is 0 Å². The zero-order valence-corrected chi connectivity index (χ0v) is 10.8. The van der Waals surface area contributed by atoms with Gasteiger partial charge >= 0.3 is 0 Å². The Morgan fingerprint density at radius 1 is 1.47 bits per heavy atom. The fraction of sp³-hybridized carbons (Fsp3) is 1.00. The average molecular weight is 280 g/mol. The molecule has 1 rings (SSSR count). The van der Waals surface area contributed by atoms with E-state index < -0.39 is 0 Å². The first-order valence-corrected chi connectivity index (χ1v) is 6.43. The third-order valence-electron chi connectivity index (χ3n) is 2.64. The predicted octanol–water partition coefficient (Wildman–Crippen LogP) is 2.45. The van der Waals surface area contributed by atoms with Crippen molar-refractivity contribution in [1.82, 2.24) is 5.01 Å². The number of piperidine rings is 1. The van der Waals surface area contributed by atoms with Crippen LogP contribution in [0.3, 0.4) is 0 Å². The zero-order chi connectivity index (χ0) is 11.3. The molecule has 0 bridgehead atoms. The molecule has 88 valence electrons. The smallest absolute Gasteiger partial charge is 0.233 e. The zero-order valence-electron chi connectivity index (χ0n) is 9.23. The van der Waals surface area contributed by atoms with Crippen LogP contribution >= 0.6 is 15.9 Å². The topological polar surface area (TPSA) is 50.9 Å². The van der Waals surface area contributed by atoms with Crippen molar-refractivity contribution in [2.45, 2.75) is 45.2 Å². The van der Waals surface area contributed by atoms with Gasteiger partial charge in [0.15, 0.2) is 0 Å². The van der Waals surface area contributed by atoms with Crippen LogP contribution in [0.4, 0.5) is 0 Å². The van der Waals surface area contributed by atoms with E-state index in [0.717, 1.165) is 12.8 Å². The first kappa shape index (κ1) is 12.5. The molecule has 2 unspecified atom stereocenters. The Hall–Kier alpha value is -0.520. The minimum absolute atomic E-state index is 0.238. The Morgan fingerprint density at radius 2 is 2.07 bits per heavy atom. The van der Waals surface area contributed by atoms with E-state index >= 15 is 0 Å². The Bertz CT molecular complexity index is 215. The molecule has 2 atom stereocenters. The molecule has 0 aromatic heterocycles. The number of rotatable bonds is 4. The van der Waals surface area contributed by atoms with Gasteiger partial charge in [-0.2, -0.15) is 0 Å².